The summed E-state index contributed by atoms with van der Waals surface area (Å²) in [6.45, 7) is 0. The van der Waals surface area contributed by atoms with E-state index in [4.69, 9.17) is 10.00 Å². The fourth-order valence-corrected chi connectivity index (χ4v) is 2.27. The summed E-state index contributed by atoms with van der Waals surface area (Å²) in [5.74, 6) is 0.470. The lowest BCUT2D eigenvalue weighted by Gasteiger charge is -2.22. The molecule has 0 radical (unpaired) electrons. The van der Waals surface area contributed by atoms with E-state index in [2.05, 4.69) is 27.0 Å². The van der Waals surface area contributed by atoms with Gasteiger partial charge in [-0.3, -0.25) is 0 Å². The van der Waals surface area contributed by atoms with Gasteiger partial charge >= 0.3 is 0 Å². The first-order valence-electron chi connectivity index (χ1n) is 5.52. The Balaban J connectivity index is 2.11. The normalized spacial score (nSPS) is 16.8. The second-order valence-corrected chi connectivity index (χ2v) is 4.91. The molecule has 1 saturated carbocycles. The van der Waals surface area contributed by atoms with Crippen LogP contribution in [0.5, 0.6) is 5.88 Å². The molecule has 0 N–H and O–H groups in total. The number of hydrogen-bond acceptors (Lipinski definition) is 3. The smallest absolute Gasteiger partial charge is 0.231 e. The van der Waals surface area contributed by atoms with Gasteiger partial charge in [0.2, 0.25) is 5.88 Å². The van der Waals surface area contributed by atoms with Gasteiger partial charge in [0.25, 0.3) is 0 Å². The van der Waals surface area contributed by atoms with Crippen molar-refractivity contribution in [2.24, 2.45) is 0 Å². The number of hydrogen-bond donors (Lipinski definition) is 0. The predicted molar refractivity (Wildman–Crippen MR) is 64.2 cm³/mol. The quantitative estimate of drug-likeness (QED) is 0.834. The van der Waals surface area contributed by atoms with Crippen LogP contribution in [0.15, 0.2) is 16.7 Å². The maximum absolute atomic E-state index is 8.98. The zero-order chi connectivity index (χ0) is 11.4. The zero-order valence-electron chi connectivity index (χ0n) is 8.95. The second-order valence-electron chi connectivity index (χ2n) is 4.00. The van der Waals surface area contributed by atoms with Crippen LogP contribution in [0.25, 0.3) is 0 Å². The molecule has 84 valence electrons. The van der Waals surface area contributed by atoms with E-state index in [1.54, 1.807) is 12.3 Å². The molecule has 3 nitrogen and oxygen atoms in total. The van der Waals surface area contributed by atoms with Crippen molar-refractivity contribution in [3.8, 4) is 11.9 Å². The SMILES string of the molecule is N#Cc1cc(Br)cnc1OC1CCCCC1. The van der Waals surface area contributed by atoms with Crippen LogP contribution >= 0.6 is 15.9 Å². The molecule has 0 saturated heterocycles. The van der Waals surface area contributed by atoms with E-state index >= 15 is 0 Å². The molecule has 1 heterocycles. The minimum Gasteiger partial charge on any atom is -0.473 e. The first kappa shape index (κ1) is 11.4. The van der Waals surface area contributed by atoms with E-state index in [1.807, 2.05) is 0 Å². The predicted octanol–water partition coefficient (Wildman–Crippen LogP) is 3.43. The van der Waals surface area contributed by atoms with Gasteiger partial charge in [0, 0.05) is 10.7 Å². The minimum absolute atomic E-state index is 0.231. The van der Waals surface area contributed by atoms with Gasteiger partial charge in [-0.05, 0) is 47.7 Å². The molecular weight excluding hydrogens is 268 g/mol. The molecule has 1 aliphatic rings. The number of nitrogens with zero attached hydrogens (tertiary/aromatic N) is 2. The van der Waals surface area contributed by atoms with Crippen LogP contribution in [0.3, 0.4) is 0 Å². The number of halogens is 1. The van der Waals surface area contributed by atoms with Crippen molar-refractivity contribution in [1.29, 1.82) is 5.26 Å². The van der Waals surface area contributed by atoms with Gasteiger partial charge in [-0.25, -0.2) is 4.98 Å². The molecule has 0 unspecified atom stereocenters. The molecule has 1 aromatic rings. The standard InChI is InChI=1S/C12H13BrN2O/c13-10-6-9(7-14)12(15-8-10)16-11-4-2-1-3-5-11/h6,8,11H,1-5H2. The maximum Gasteiger partial charge on any atom is 0.231 e. The van der Waals surface area contributed by atoms with Crippen LogP contribution in [0, 0.1) is 11.3 Å². The van der Waals surface area contributed by atoms with Gasteiger partial charge in [0.15, 0.2) is 0 Å². The highest BCUT2D eigenvalue weighted by atomic mass is 79.9. The lowest BCUT2D eigenvalue weighted by atomic mass is 9.98. The Hall–Kier alpha value is -1.08. The summed E-state index contributed by atoms with van der Waals surface area (Å²) in [5, 5.41) is 8.98. The molecular formula is C12H13BrN2O. The topological polar surface area (TPSA) is 45.9 Å². The minimum atomic E-state index is 0.231. The van der Waals surface area contributed by atoms with E-state index < -0.39 is 0 Å². The summed E-state index contributed by atoms with van der Waals surface area (Å²) >= 11 is 3.29. The van der Waals surface area contributed by atoms with Crippen LogP contribution in [0.2, 0.25) is 0 Å². The first-order valence-corrected chi connectivity index (χ1v) is 6.31. The van der Waals surface area contributed by atoms with Crippen LogP contribution < -0.4 is 4.74 Å². The summed E-state index contributed by atoms with van der Waals surface area (Å²) in [7, 11) is 0. The summed E-state index contributed by atoms with van der Waals surface area (Å²) in [5.41, 5.74) is 0.500. The third kappa shape index (κ3) is 2.73. The average Bonchev–Trinajstić information content (AvgIpc) is 2.33. The number of pyridine rings is 1. The summed E-state index contributed by atoms with van der Waals surface area (Å²) in [4.78, 5) is 4.15. The fraction of sp³-hybridized carbons (Fsp3) is 0.500. The Kier molecular flexibility index (Phi) is 3.79. The summed E-state index contributed by atoms with van der Waals surface area (Å²) in [6, 6.07) is 3.85. The largest absolute Gasteiger partial charge is 0.473 e. The monoisotopic (exact) mass is 280 g/mol. The molecule has 0 spiro atoms. The molecule has 0 aliphatic heterocycles. The third-order valence-electron chi connectivity index (χ3n) is 2.77. The van der Waals surface area contributed by atoms with Crippen LogP contribution in [0.4, 0.5) is 0 Å². The number of ether oxygens (including phenoxy) is 1. The van der Waals surface area contributed by atoms with Crippen LogP contribution in [-0.2, 0) is 0 Å². The zero-order valence-corrected chi connectivity index (χ0v) is 10.5. The lowest BCUT2D eigenvalue weighted by Crippen LogP contribution is -2.20. The van der Waals surface area contributed by atoms with Gasteiger partial charge in [-0.15, -0.1) is 0 Å². The lowest BCUT2D eigenvalue weighted by molar-refractivity contribution is 0.148. The molecule has 0 amide bonds. The van der Waals surface area contributed by atoms with Crippen molar-refractivity contribution in [3.05, 3.63) is 22.3 Å². The Morgan fingerprint density at radius 2 is 2.12 bits per heavy atom. The highest BCUT2D eigenvalue weighted by Gasteiger charge is 2.17. The second kappa shape index (κ2) is 5.31. The van der Waals surface area contributed by atoms with Gasteiger partial charge in [0.1, 0.15) is 17.7 Å². The summed E-state index contributed by atoms with van der Waals surface area (Å²) < 4.78 is 6.58. The van der Waals surface area contributed by atoms with Gasteiger partial charge < -0.3 is 4.74 Å². The molecule has 1 fully saturated rings. The first-order chi connectivity index (χ1) is 7.79. The van der Waals surface area contributed by atoms with Gasteiger partial charge in [0.05, 0.1) is 0 Å². The van der Waals surface area contributed by atoms with Gasteiger partial charge in [-0.2, -0.15) is 5.26 Å². The van der Waals surface area contributed by atoms with Crippen molar-refractivity contribution < 1.29 is 4.74 Å². The maximum atomic E-state index is 8.98. The summed E-state index contributed by atoms with van der Waals surface area (Å²) in [6.07, 6.45) is 7.75. The molecule has 0 aromatic carbocycles. The molecule has 4 heteroatoms. The van der Waals surface area contributed by atoms with E-state index in [0.29, 0.717) is 11.4 Å². The molecule has 16 heavy (non-hydrogen) atoms. The highest BCUT2D eigenvalue weighted by Crippen LogP contribution is 2.25. The number of nitriles is 1. The Morgan fingerprint density at radius 1 is 1.38 bits per heavy atom. The Morgan fingerprint density at radius 3 is 2.81 bits per heavy atom. The molecule has 1 aromatic heterocycles. The highest BCUT2D eigenvalue weighted by molar-refractivity contribution is 9.10. The van der Waals surface area contributed by atoms with E-state index in [1.165, 1.54) is 19.3 Å². The van der Waals surface area contributed by atoms with Crippen molar-refractivity contribution in [3.63, 3.8) is 0 Å². The van der Waals surface area contributed by atoms with Crippen LogP contribution in [0.1, 0.15) is 37.7 Å². The fourth-order valence-electron chi connectivity index (χ4n) is 1.94. The molecule has 1 aliphatic carbocycles. The molecule has 0 atom stereocenters. The average molecular weight is 281 g/mol. The molecule has 0 bridgehead atoms. The van der Waals surface area contributed by atoms with E-state index in [0.717, 1.165) is 17.3 Å². The van der Waals surface area contributed by atoms with E-state index in [-0.39, 0.29) is 6.10 Å². The van der Waals surface area contributed by atoms with Crippen molar-refractivity contribution in [1.82, 2.24) is 4.98 Å². The Bertz CT molecular complexity index is 408. The van der Waals surface area contributed by atoms with Crippen molar-refractivity contribution in [2.75, 3.05) is 0 Å². The van der Waals surface area contributed by atoms with Crippen molar-refractivity contribution >= 4 is 15.9 Å². The number of rotatable bonds is 2. The Labute approximate surface area is 104 Å². The number of aromatic nitrogens is 1. The van der Waals surface area contributed by atoms with Crippen molar-refractivity contribution in [2.45, 2.75) is 38.2 Å². The third-order valence-corrected chi connectivity index (χ3v) is 3.20. The molecule has 2 rings (SSSR count). The van der Waals surface area contributed by atoms with Gasteiger partial charge in [-0.1, -0.05) is 6.42 Å². The van der Waals surface area contributed by atoms with E-state index in [9.17, 15) is 0 Å². The van der Waals surface area contributed by atoms with Crippen LogP contribution in [-0.4, -0.2) is 11.1 Å².